The zero-order valence-electron chi connectivity index (χ0n) is 33.4. The molecule has 0 saturated carbocycles. The van der Waals surface area contributed by atoms with Crippen molar-refractivity contribution in [1.29, 1.82) is 0 Å². The van der Waals surface area contributed by atoms with Crippen molar-refractivity contribution in [3.63, 3.8) is 0 Å². The van der Waals surface area contributed by atoms with Crippen LogP contribution in [0.25, 0.3) is 0 Å². The van der Waals surface area contributed by atoms with E-state index >= 15 is 0 Å². The van der Waals surface area contributed by atoms with Crippen molar-refractivity contribution in [2.45, 2.75) is 116 Å². The summed E-state index contributed by atoms with van der Waals surface area (Å²) in [7, 11) is 5.12. The van der Waals surface area contributed by atoms with Gasteiger partial charge in [0.25, 0.3) is 0 Å². The van der Waals surface area contributed by atoms with Crippen LogP contribution >= 0.6 is 20.4 Å². The van der Waals surface area contributed by atoms with Crippen molar-refractivity contribution in [1.82, 2.24) is 0 Å². The monoisotopic (exact) mass is 836 g/mol. The third-order valence-corrected chi connectivity index (χ3v) is 25.6. The fourth-order valence-corrected chi connectivity index (χ4v) is 23.4. The van der Waals surface area contributed by atoms with E-state index in [1.165, 1.54) is 34.6 Å². The summed E-state index contributed by atoms with van der Waals surface area (Å²) >= 11 is 0.569. The summed E-state index contributed by atoms with van der Waals surface area (Å²) in [4.78, 5) is 11.2. The fourth-order valence-electron chi connectivity index (χ4n) is 9.71. The Morgan fingerprint density at radius 2 is 0.698 bits per heavy atom. The third-order valence-electron chi connectivity index (χ3n) is 11.4. The van der Waals surface area contributed by atoms with Gasteiger partial charge in [-0.1, -0.05) is 119 Å². The molecule has 0 aliphatic carbocycles. The summed E-state index contributed by atoms with van der Waals surface area (Å²) < 4.78 is 29.0. The van der Waals surface area contributed by atoms with Gasteiger partial charge in [-0.15, -0.1) is 0 Å². The molecule has 4 aromatic carbocycles. The number of nitrogens with zero attached hydrogens (tertiary/aromatic N) is 2. The molecule has 53 heavy (non-hydrogen) atoms. The predicted molar refractivity (Wildman–Crippen MR) is 231 cm³/mol. The van der Waals surface area contributed by atoms with Gasteiger partial charge in [0, 0.05) is 11.1 Å². The van der Waals surface area contributed by atoms with E-state index in [0.717, 1.165) is 22.5 Å². The number of hydrogen-bond acceptors (Lipinski definition) is 2. The number of rotatable bonds is 13. The van der Waals surface area contributed by atoms with Crippen LogP contribution in [0.3, 0.4) is 0 Å². The topological polar surface area (TPSA) is 24.7 Å². The van der Waals surface area contributed by atoms with Crippen LogP contribution in [0.2, 0.25) is 33.2 Å². The van der Waals surface area contributed by atoms with E-state index in [1.54, 1.807) is 24.3 Å². The minimum absolute atomic E-state index is 0.313. The molecule has 9 heteroatoms. The first-order valence-electron chi connectivity index (χ1n) is 18.7. The first kappa shape index (κ1) is 45.0. The number of para-hydroxylation sites is 2. The van der Waals surface area contributed by atoms with E-state index in [2.05, 4.69) is 132 Å². The molecule has 0 bridgehead atoms. The SMILES string of the molecule is CC(C)[Si](c1ccccc1N=C(C(=Nc1ccccc1[Si](C(C)C)(C(C)C)C(C)C)c1ccc(F)cc1)c1ccc(F)cc1)(C(C)C)C(C)C.[Cl][Ni][Cl]. The molecule has 4 rings (SSSR count). The second-order valence-corrected chi connectivity index (χ2v) is 29.2. The summed E-state index contributed by atoms with van der Waals surface area (Å²) in [6.07, 6.45) is 0. The van der Waals surface area contributed by atoms with Gasteiger partial charge in [-0.3, -0.25) is 0 Å². The van der Waals surface area contributed by atoms with Gasteiger partial charge in [-0.05, 0) is 104 Å². The maximum atomic E-state index is 14.5. The third kappa shape index (κ3) is 9.70. The summed E-state index contributed by atoms with van der Waals surface area (Å²) in [5.74, 6) is -0.627. The quantitative estimate of drug-likeness (QED) is 0.0947. The van der Waals surface area contributed by atoms with Crippen molar-refractivity contribution < 1.29 is 21.4 Å². The molecule has 290 valence electrons. The van der Waals surface area contributed by atoms with Gasteiger partial charge in [0.15, 0.2) is 0 Å². The molecule has 0 spiro atoms. The average molecular weight is 839 g/mol. The molecule has 0 heterocycles. The van der Waals surface area contributed by atoms with Crippen LogP contribution in [0.4, 0.5) is 20.2 Å². The Balaban J connectivity index is 0.00000243. The summed E-state index contributed by atoms with van der Waals surface area (Å²) in [6, 6.07) is 30.3. The summed E-state index contributed by atoms with van der Waals surface area (Å²) in [5, 5.41) is 2.65. The van der Waals surface area contributed by atoms with E-state index in [0.29, 0.717) is 57.3 Å². The first-order valence-corrected chi connectivity index (χ1v) is 25.9. The van der Waals surface area contributed by atoms with Crippen molar-refractivity contribution in [2.75, 3.05) is 0 Å². The molecular formula is C44H58Cl2F2N2NiSi2. The molecule has 0 aliphatic heterocycles. The Labute approximate surface area is 335 Å². The van der Waals surface area contributed by atoms with Crippen molar-refractivity contribution in [3.8, 4) is 0 Å². The molecule has 0 aromatic heterocycles. The Hall–Kier alpha value is -2.41. The molecule has 0 radical (unpaired) electrons. The summed E-state index contributed by atoms with van der Waals surface area (Å²) in [6.45, 7) is 28.4. The van der Waals surface area contributed by atoms with Crippen LogP contribution in [-0.2, 0) is 12.7 Å². The zero-order chi connectivity index (χ0) is 39.7. The van der Waals surface area contributed by atoms with Crippen LogP contribution in [0.15, 0.2) is 107 Å². The maximum absolute atomic E-state index is 14.5. The molecule has 4 aromatic rings. The standard InChI is InChI=1S/C44H58F2N2Si2.2ClH.Ni/c1-29(2)49(30(3)4,31(5)6)41-19-15-13-17-39(41)47-43(35-21-25-37(45)26-22-35)44(36-23-27-38(46)28-24-36)48-40-18-14-16-20-42(40)50(32(7)8,33(9)10)34(11)12;;;/h13-34H,1-12H3;2*1H;/q;;;+2/p-2. The zero-order valence-corrected chi connectivity index (χ0v) is 37.9. The van der Waals surface area contributed by atoms with E-state index in [1.807, 2.05) is 0 Å². The molecule has 0 N–H and O–H groups in total. The van der Waals surface area contributed by atoms with Crippen molar-refractivity contribution >= 4 is 69.7 Å². The Morgan fingerprint density at radius 3 is 0.943 bits per heavy atom. The molecule has 2 nitrogen and oxygen atoms in total. The van der Waals surface area contributed by atoms with Gasteiger partial charge >= 0.3 is 33.0 Å². The average Bonchev–Trinajstić information content (AvgIpc) is 3.08. The van der Waals surface area contributed by atoms with Crippen molar-refractivity contribution in [2.24, 2.45) is 9.98 Å². The van der Waals surface area contributed by atoms with Crippen LogP contribution in [0, 0.1) is 11.6 Å². The van der Waals surface area contributed by atoms with Crippen LogP contribution in [-0.4, -0.2) is 27.6 Å². The van der Waals surface area contributed by atoms with E-state index < -0.39 is 16.1 Å². The fraction of sp³-hybridized carbons (Fsp3) is 0.409. The number of benzene rings is 4. The number of halogens is 4. The van der Waals surface area contributed by atoms with E-state index in [-0.39, 0.29) is 11.6 Å². The molecule has 0 aliphatic rings. The van der Waals surface area contributed by atoms with Gasteiger partial charge < -0.3 is 0 Å². The first-order chi connectivity index (χ1) is 25.0. The van der Waals surface area contributed by atoms with E-state index in [4.69, 9.17) is 30.4 Å². The van der Waals surface area contributed by atoms with Gasteiger partial charge in [-0.2, -0.15) is 0 Å². The van der Waals surface area contributed by atoms with Gasteiger partial charge in [0.2, 0.25) is 0 Å². The van der Waals surface area contributed by atoms with Crippen molar-refractivity contribution in [3.05, 3.63) is 120 Å². The Morgan fingerprint density at radius 1 is 0.453 bits per heavy atom. The van der Waals surface area contributed by atoms with Crippen LogP contribution in [0.1, 0.15) is 94.2 Å². The Bertz CT molecular complexity index is 1650. The molecule has 0 saturated heterocycles. The number of hydrogen-bond donors (Lipinski definition) is 0. The summed E-state index contributed by atoms with van der Waals surface area (Å²) in [5.41, 5.74) is 7.52. The predicted octanol–water partition coefficient (Wildman–Crippen LogP) is 14.1. The minimum atomic E-state index is -2.14. The second-order valence-electron chi connectivity index (χ2n) is 15.8. The van der Waals surface area contributed by atoms with Crippen LogP contribution in [0.5, 0.6) is 0 Å². The molecule has 0 atom stereocenters. The molecule has 0 fully saturated rings. The molecule has 0 amide bonds. The second kappa shape index (κ2) is 20.0. The Kier molecular flexibility index (Phi) is 16.9. The van der Waals surface area contributed by atoms with Gasteiger partial charge in [0.1, 0.15) is 11.6 Å². The van der Waals surface area contributed by atoms with Gasteiger partial charge in [0.05, 0.1) is 38.9 Å². The van der Waals surface area contributed by atoms with Gasteiger partial charge in [-0.25, -0.2) is 18.8 Å². The number of aliphatic imine (C=N–C) groups is 2. The van der Waals surface area contributed by atoms with Crippen LogP contribution < -0.4 is 10.4 Å². The van der Waals surface area contributed by atoms with E-state index in [9.17, 15) is 8.78 Å². The normalized spacial score (nSPS) is 13.2. The molecule has 0 unspecified atom stereocenters. The molecular weight excluding hydrogens is 780 g/mol.